The van der Waals surface area contributed by atoms with Gasteiger partial charge in [-0.2, -0.15) is 5.10 Å². The average molecular weight is 273 g/mol. The van der Waals surface area contributed by atoms with Gasteiger partial charge in [0, 0.05) is 19.0 Å². The van der Waals surface area contributed by atoms with Crippen LogP contribution in [0.3, 0.4) is 0 Å². The van der Waals surface area contributed by atoms with Crippen LogP contribution in [0.15, 0.2) is 12.3 Å². The molecule has 104 valence electrons. The van der Waals surface area contributed by atoms with Gasteiger partial charge in [-0.1, -0.05) is 6.92 Å². The van der Waals surface area contributed by atoms with Crippen molar-refractivity contribution >= 4 is 9.84 Å². The van der Waals surface area contributed by atoms with Gasteiger partial charge in [-0.3, -0.25) is 4.68 Å². The Balaban J connectivity index is 3.05. The molecule has 0 radical (unpaired) electrons. The fourth-order valence-electron chi connectivity index (χ4n) is 1.93. The van der Waals surface area contributed by atoms with Gasteiger partial charge in [-0.25, -0.2) is 8.42 Å². The summed E-state index contributed by atoms with van der Waals surface area (Å²) in [5, 5.41) is 7.06. The summed E-state index contributed by atoms with van der Waals surface area (Å²) in [7, 11) is -3.09. The van der Waals surface area contributed by atoms with Crippen LogP contribution in [-0.4, -0.2) is 36.2 Å². The van der Waals surface area contributed by atoms with E-state index in [1.807, 2.05) is 17.7 Å². The van der Waals surface area contributed by atoms with Crippen LogP contribution in [0, 0.1) is 0 Å². The molecule has 1 aromatic heterocycles. The largest absolute Gasteiger partial charge is 0.308 e. The predicted octanol–water partition coefficient (Wildman–Crippen LogP) is 1.38. The van der Waals surface area contributed by atoms with E-state index in [1.165, 1.54) is 6.26 Å². The number of nitrogens with zero attached hydrogens (tertiary/aromatic N) is 2. The summed E-state index contributed by atoms with van der Waals surface area (Å²) in [6.07, 6.45) is 3.96. The zero-order chi connectivity index (χ0) is 13.8. The normalized spacial score (nSPS) is 15.6. The molecule has 5 nitrogen and oxygen atoms in total. The minimum absolute atomic E-state index is 0.206. The Morgan fingerprint density at radius 1 is 1.44 bits per heavy atom. The Bertz CT molecular complexity index is 467. The van der Waals surface area contributed by atoms with Gasteiger partial charge in [0.1, 0.15) is 0 Å². The van der Waals surface area contributed by atoms with Crippen molar-refractivity contribution in [2.45, 2.75) is 45.0 Å². The van der Waals surface area contributed by atoms with Crippen molar-refractivity contribution in [2.24, 2.45) is 0 Å². The summed E-state index contributed by atoms with van der Waals surface area (Å²) in [6, 6.07) is 1.68. The predicted molar refractivity (Wildman–Crippen MR) is 73.2 cm³/mol. The van der Waals surface area contributed by atoms with E-state index in [9.17, 15) is 8.42 Å². The molecule has 0 aliphatic rings. The zero-order valence-corrected chi connectivity index (χ0v) is 12.4. The third-order valence-electron chi connectivity index (χ3n) is 3.13. The summed E-state index contributed by atoms with van der Waals surface area (Å²) in [5.74, 6) is 0. The molecule has 1 rings (SSSR count). The fraction of sp³-hybridized carbons (Fsp3) is 0.750. The van der Waals surface area contributed by atoms with Crippen LogP contribution < -0.4 is 5.32 Å². The van der Waals surface area contributed by atoms with Crippen molar-refractivity contribution in [3.63, 3.8) is 0 Å². The Morgan fingerprint density at radius 3 is 2.61 bits per heavy atom. The van der Waals surface area contributed by atoms with Crippen molar-refractivity contribution in [3.8, 4) is 0 Å². The standard InChI is InChI=1S/C12H23N3O2S/c1-5-8-13-12(10(3)18(4,16)17)11-7-9-14-15(11)6-2/h7,9-10,12-13H,5-6,8H2,1-4H3. The number of aromatic nitrogens is 2. The second-order valence-electron chi connectivity index (χ2n) is 4.54. The van der Waals surface area contributed by atoms with Crippen molar-refractivity contribution in [1.29, 1.82) is 0 Å². The lowest BCUT2D eigenvalue weighted by atomic mass is 10.1. The van der Waals surface area contributed by atoms with Gasteiger partial charge in [-0.05, 0) is 32.9 Å². The molecular weight excluding hydrogens is 250 g/mol. The molecule has 1 aromatic rings. The van der Waals surface area contributed by atoms with Gasteiger partial charge in [0.2, 0.25) is 0 Å². The first kappa shape index (κ1) is 15.2. The van der Waals surface area contributed by atoms with Crippen LogP contribution in [0.25, 0.3) is 0 Å². The lowest BCUT2D eigenvalue weighted by Crippen LogP contribution is -2.36. The molecular formula is C12H23N3O2S. The Morgan fingerprint density at radius 2 is 2.11 bits per heavy atom. The van der Waals surface area contributed by atoms with E-state index >= 15 is 0 Å². The van der Waals surface area contributed by atoms with Crippen LogP contribution in [0.1, 0.15) is 38.9 Å². The SMILES string of the molecule is CCCNC(c1ccnn1CC)C(C)S(C)(=O)=O. The molecule has 0 aliphatic carbocycles. The number of hydrogen-bond acceptors (Lipinski definition) is 4. The Hall–Kier alpha value is -0.880. The first-order chi connectivity index (χ1) is 8.41. The lowest BCUT2D eigenvalue weighted by Gasteiger charge is -2.24. The smallest absolute Gasteiger partial charge is 0.151 e. The molecule has 0 amide bonds. The van der Waals surface area contributed by atoms with E-state index in [0.29, 0.717) is 0 Å². The monoisotopic (exact) mass is 273 g/mol. The Labute approximate surface area is 109 Å². The molecule has 2 unspecified atom stereocenters. The number of aryl methyl sites for hydroxylation is 1. The van der Waals surface area contributed by atoms with Crippen molar-refractivity contribution < 1.29 is 8.42 Å². The van der Waals surface area contributed by atoms with Gasteiger partial charge in [0.15, 0.2) is 9.84 Å². The first-order valence-corrected chi connectivity index (χ1v) is 8.31. The van der Waals surface area contributed by atoms with E-state index in [-0.39, 0.29) is 6.04 Å². The quantitative estimate of drug-likeness (QED) is 0.815. The molecule has 18 heavy (non-hydrogen) atoms. The van der Waals surface area contributed by atoms with Crippen LogP contribution >= 0.6 is 0 Å². The summed E-state index contributed by atoms with van der Waals surface area (Å²) in [5.41, 5.74) is 0.934. The van der Waals surface area contributed by atoms with E-state index in [0.717, 1.165) is 25.2 Å². The molecule has 6 heteroatoms. The minimum atomic E-state index is -3.09. The van der Waals surface area contributed by atoms with E-state index in [2.05, 4.69) is 17.3 Å². The average Bonchev–Trinajstić information content (AvgIpc) is 2.76. The maximum atomic E-state index is 11.8. The zero-order valence-electron chi connectivity index (χ0n) is 11.5. The molecule has 1 N–H and O–H groups in total. The van der Waals surface area contributed by atoms with E-state index < -0.39 is 15.1 Å². The maximum Gasteiger partial charge on any atom is 0.151 e. The third kappa shape index (κ3) is 3.55. The van der Waals surface area contributed by atoms with Crippen LogP contribution in [0.4, 0.5) is 0 Å². The van der Waals surface area contributed by atoms with Gasteiger partial charge in [0.25, 0.3) is 0 Å². The number of sulfone groups is 1. The molecule has 0 fully saturated rings. The molecule has 0 spiro atoms. The van der Waals surface area contributed by atoms with Crippen LogP contribution in [0.5, 0.6) is 0 Å². The lowest BCUT2D eigenvalue weighted by molar-refractivity contribution is 0.462. The molecule has 0 bridgehead atoms. The number of hydrogen-bond donors (Lipinski definition) is 1. The number of rotatable bonds is 7. The molecule has 0 saturated heterocycles. The van der Waals surface area contributed by atoms with Gasteiger partial charge < -0.3 is 5.32 Å². The van der Waals surface area contributed by atoms with Gasteiger partial charge in [-0.15, -0.1) is 0 Å². The number of nitrogens with one attached hydrogen (secondary N) is 1. The van der Waals surface area contributed by atoms with Gasteiger partial charge in [0.05, 0.1) is 17.0 Å². The van der Waals surface area contributed by atoms with Gasteiger partial charge >= 0.3 is 0 Å². The van der Waals surface area contributed by atoms with E-state index in [1.54, 1.807) is 13.1 Å². The maximum absolute atomic E-state index is 11.8. The molecule has 0 aromatic carbocycles. The molecule has 0 aliphatic heterocycles. The molecule has 0 saturated carbocycles. The van der Waals surface area contributed by atoms with Crippen LogP contribution in [0.2, 0.25) is 0 Å². The first-order valence-electron chi connectivity index (χ1n) is 6.35. The highest BCUT2D eigenvalue weighted by atomic mass is 32.2. The second-order valence-corrected chi connectivity index (χ2v) is 6.94. The summed E-state index contributed by atoms with van der Waals surface area (Å²) < 4.78 is 25.4. The fourth-order valence-corrected chi connectivity index (χ4v) is 2.66. The molecule has 1 heterocycles. The Kier molecular flexibility index (Phi) is 5.34. The second kappa shape index (κ2) is 6.33. The summed E-state index contributed by atoms with van der Waals surface area (Å²) in [4.78, 5) is 0. The van der Waals surface area contributed by atoms with Crippen molar-refractivity contribution in [1.82, 2.24) is 15.1 Å². The van der Waals surface area contributed by atoms with E-state index in [4.69, 9.17) is 0 Å². The summed E-state index contributed by atoms with van der Waals surface area (Å²) >= 11 is 0. The highest BCUT2D eigenvalue weighted by Crippen LogP contribution is 2.21. The van der Waals surface area contributed by atoms with Crippen LogP contribution in [-0.2, 0) is 16.4 Å². The highest BCUT2D eigenvalue weighted by molar-refractivity contribution is 7.91. The summed E-state index contributed by atoms with van der Waals surface area (Å²) in [6.45, 7) is 7.34. The minimum Gasteiger partial charge on any atom is -0.308 e. The molecule has 2 atom stereocenters. The topological polar surface area (TPSA) is 64.0 Å². The third-order valence-corrected chi connectivity index (χ3v) is 4.75. The van der Waals surface area contributed by atoms with Crippen molar-refractivity contribution in [2.75, 3.05) is 12.8 Å². The van der Waals surface area contributed by atoms with Crippen molar-refractivity contribution in [3.05, 3.63) is 18.0 Å². The highest BCUT2D eigenvalue weighted by Gasteiger charge is 2.28.